The Hall–Kier alpha value is -3.62. The second-order valence-electron chi connectivity index (χ2n) is 6.27. The molecule has 3 aromatic rings. The van der Waals surface area contributed by atoms with Crippen molar-refractivity contribution in [3.63, 3.8) is 0 Å². The Morgan fingerprint density at radius 2 is 2.07 bits per heavy atom. The number of nitrogens with two attached hydrogens (primary N) is 1. The van der Waals surface area contributed by atoms with Gasteiger partial charge in [0.2, 0.25) is 0 Å². The van der Waals surface area contributed by atoms with Crippen LogP contribution in [0.3, 0.4) is 0 Å². The normalized spacial score (nSPS) is 10.0. The molecule has 1 aromatic carbocycles. The van der Waals surface area contributed by atoms with Gasteiger partial charge in [0.15, 0.2) is 0 Å². The summed E-state index contributed by atoms with van der Waals surface area (Å²) in [5, 5.41) is 12.9. The van der Waals surface area contributed by atoms with Crippen LogP contribution in [-0.4, -0.2) is 33.8 Å². The standard InChI is InChI=1S/C17H23N5O2.C3H3NO/c1-4-5-8-22-15(18)13(10-20-22)17(24)21-14-9-12(16(23)19-3)7-6-11(14)2;1-2-4-5-3-1/h6-7,9-10H,4-5,8,18H2,1-3H3,(H,19,23)(H,21,24);1-3H. The minimum Gasteiger partial charge on any atom is -0.383 e. The first-order valence-electron chi connectivity index (χ1n) is 9.27. The first-order chi connectivity index (χ1) is 14.0. The van der Waals surface area contributed by atoms with Crippen molar-refractivity contribution in [3.8, 4) is 0 Å². The highest BCUT2D eigenvalue weighted by Gasteiger charge is 2.16. The zero-order valence-corrected chi connectivity index (χ0v) is 16.8. The molecule has 0 saturated heterocycles. The van der Waals surface area contributed by atoms with Crippen LogP contribution in [0.25, 0.3) is 0 Å². The Bertz CT molecular complexity index is 917. The second kappa shape index (κ2) is 10.6. The number of carbonyl (C=O) groups excluding carboxylic acids is 2. The SMILES string of the molecule is CCCCn1ncc(C(=O)Nc2cc(C(=O)NC)ccc2C)c1N.c1cnoc1. The number of rotatable bonds is 6. The van der Waals surface area contributed by atoms with Gasteiger partial charge in [0.1, 0.15) is 17.6 Å². The summed E-state index contributed by atoms with van der Waals surface area (Å²) in [5.41, 5.74) is 8.24. The van der Waals surface area contributed by atoms with Crippen LogP contribution >= 0.6 is 0 Å². The number of nitrogen functional groups attached to an aromatic ring is 1. The van der Waals surface area contributed by atoms with Gasteiger partial charge < -0.3 is 20.9 Å². The van der Waals surface area contributed by atoms with Crippen molar-refractivity contribution in [1.29, 1.82) is 0 Å². The third-order valence-electron chi connectivity index (χ3n) is 4.17. The van der Waals surface area contributed by atoms with Crippen molar-refractivity contribution in [3.05, 3.63) is 59.6 Å². The molecule has 9 heteroatoms. The van der Waals surface area contributed by atoms with Gasteiger partial charge in [-0.3, -0.25) is 9.59 Å². The smallest absolute Gasteiger partial charge is 0.261 e. The lowest BCUT2D eigenvalue weighted by Gasteiger charge is -2.10. The molecule has 0 aliphatic carbocycles. The highest BCUT2D eigenvalue weighted by Crippen LogP contribution is 2.20. The maximum atomic E-state index is 12.5. The number of anilines is 2. The predicted octanol–water partition coefficient (Wildman–Crippen LogP) is 2.86. The van der Waals surface area contributed by atoms with E-state index < -0.39 is 0 Å². The van der Waals surface area contributed by atoms with Gasteiger partial charge in [0, 0.05) is 24.8 Å². The Morgan fingerprint density at radius 1 is 1.28 bits per heavy atom. The van der Waals surface area contributed by atoms with Gasteiger partial charge in [-0.05, 0) is 37.1 Å². The Kier molecular flexibility index (Phi) is 7.96. The van der Waals surface area contributed by atoms with E-state index in [0.29, 0.717) is 29.2 Å². The number of aromatic nitrogens is 3. The predicted molar refractivity (Wildman–Crippen MR) is 111 cm³/mol. The third-order valence-corrected chi connectivity index (χ3v) is 4.17. The van der Waals surface area contributed by atoms with E-state index in [-0.39, 0.29) is 11.8 Å². The molecule has 9 nitrogen and oxygen atoms in total. The molecule has 0 saturated carbocycles. The summed E-state index contributed by atoms with van der Waals surface area (Å²) in [6.07, 6.45) is 6.53. The minimum atomic E-state index is -0.340. The molecule has 0 aliphatic heterocycles. The molecule has 154 valence electrons. The van der Waals surface area contributed by atoms with E-state index in [9.17, 15) is 9.59 Å². The van der Waals surface area contributed by atoms with Crippen molar-refractivity contribution >= 4 is 23.3 Å². The van der Waals surface area contributed by atoms with E-state index in [0.717, 1.165) is 18.4 Å². The lowest BCUT2D eigenvalue weighted by Crippen LogP contribution is -2.19. The number of aryl methyl sites for hydroxylation is 2. The van der Waals surface area contributed by atoms with Crippen LogP contribution in [0.15, 0.2) is 47.4 Å². The Labute approximate surface area is 169 Å². The number of unbranched alkanes of at least 4 members (excludes halogenated alkanes) is 1. The molecule has 2 heterocycles. The molecule has 0 spiro atoms. The van der Waals surface area contributed by atoms with Crippen LogP contribution in [0.2, 0.25) is 0 Å². The zero-order valence-electron chi connectivity index (χ0n) is 16.8. The molecule has 29 heavy (non-hydrogen) atoms. The van der Waals surface area contributed by atoms with Gasteiger partial charge in [-0.1, -0.05) is 24.6 Å². The largest absolute Gasteiger partial charge is 0.383 e. The Balaban J connectivity index is 0.000000521. The number of hydrogen-bond acceptors (Lipinski definition) is 6. The van der Waals surface area contributed by atoms with Crippen LogP contribution in [0.1, 0.15) is 46.0 Å². The number of nitrogens with zero attached hydrogens (tertiary/aromatic N) is 3. The fourth-order valence-electron chi connectivity index (χ4n) is 2.46. The fraction of sp³-hybridized carbons (Fsp3) is 0.300. The number of nitrogens with one attached hydrogen (secondary N) is 2. The average Bonchev–Trinajstić information content (AvgIpc) is 3.41. The molecule has 0 bridgehead atoms. The summed E-state index contributed by atoms with van der Waals surface area (Å²) in [5.74, 6) is -0.203. The van der Waals surface area contributed by atoms with E-state index in [1.54, 1.807) is 42.2 Å². The summed E-state index contributed by atoms with van der Waals surface area (Å²) in [4.78, 5) is 24.2. The molecule has 2 aromatic heterocycles. The molecular weight excluding hydrogens is 372 g/mol. The average molecular weight is 398 g/mol. The van der Waals surface area contributed by atoms with Crippen molar-refractivity contribution in [2.45, 2.75) is 33.2 Å². The van der Waals surface area contributed by atoms with Crippen LogP contribution in [0.4, 0.5) is 11.5 Å². The first kappa shape index (κ1) is 21.7. The van der Waals surface area contributed by atoms with E-state index >= 15 is 0 Å². The monoisotopic (exact) mass is 398 g/mol. The quantitative estimate of drug-likeness (QED) is 0.586. The highest BCUT2D eigenvalue weighted by atomic mass is 16.5. The number of amides is 2. The van der Waals surface area contributed by atoms with Crippen molar-refractivity contribution in [2.75, 3.05) is 18.1 Å². The molecule has 0 atom stereocenters. The van der Waals surface area contributed by atoms with Gasteiger partial charge in [-0.25, -0.2) is 4.68 Å². The van der Waals surface area contributed by atoms with E-state index in [1.807, 2.05) is 6.92 Å². The molecular formula is C20H26N6O3. The molecule has 0 aliphatic rings. The van der Waals surface area contributed by atoms with Crippen LogP contribution < -0.4 is 16.4 Å². The van der Waals surface area contributed by atoms with Crippen molar-refractivity contribution < 1.29 is 14.1 Å². The summed E-state index contributed by atoms with van der Waals surface area (Å²) >= 11 is 0. The molecule has 0 fully saturated rings. The number of carbonyl (C=O) groups is 2. The third kappa shape index (κ3) is 5.93. The summed E-state index contributed by atoms with van der Waals surface area (Å²) in [6, 6.07) is 6.86. The van der Waals surface area contributed by atoms with Crippen molar-refractivity contribution in [1.82, 2.24) is 20.3 Å². The van der Waals surface area contributed by atoms with Gasteiger partial charge >= 0.3 is 0 Å². The molecule has 0 unspecified atom stereocenters. The van der Waals surface area contributed by atoms with Crippen LogP contribution in [-0.2, 0) is 6.54 Å². The molecule has 2 amide bonds. The van der Waals surface area contributed by atoms with Crippen LogP contribution in [0.5, 0.6) is 0 Å². The molecule has 4 N–H and O–H groups in total. The zero-order chi connectivity index (χ0) is 21.2. The van der Waals surface area contributed by atoms with Gasteiger partial charge in [-0.2, -0.15) is 5.10 Å². The number of benzene rings is 1. The topological polar surface area (TPSA) is 128 Å². The lowest BCUT2D eigenvalue weighted by atomic mass is 10.1. The van der Waals surface area contributed by atoms with Crippen LogP contribution in [0, 0.1) is 6.92 Å². The van der Waals surface area contributed by atoms with Gasteiger partial charge in [0.25, 0.3) is 11.8 Å². The molecule has 0 radical (unpaired) electrons. The second-order valence-corrected chi connectivity index (χ2v) is 6.27. The first-order valence-corrected chi connectivity index (χ1v) is 9.27. The summed E-state index contributed by atoms with van der Waals surface area (Å²) < 4.78 is 5.96. The fourth-order valence-corrected chi connectivity index (χ4v) is 2.46. The van der Waals surface area contributed by atoms with E-state index in [4.69, 9.17) is 5.73 Å². The van der Waals surface area contributed by atoms with Gasteiger partial charge in [-0.15, -0.1) is 0 Å². The van der Waals surface area contributed by atoms with E-state index in [1.165, 1.54) is 12.5 Å². The minimum absolute atomic E-state index is 0.211. The maximum Gasteiger partial charge on any atom is 0.261 e. The highest BCUT2D eigenvalue weighted by molar-refractivity contribution is 6.08. The summed E-state index contributed by atoms with van der Waals surface area (Å²) in [7, 11) is 1.56. The number of hydrogen-bond donors (Lipinski definition) is 3. The summed E-state index contributed by atoms with van der Waals surface area (Å²) in [6.45, 7) is 4.62. The lowest BCUT2D eigenvalue weighted by molar-refractivity contribution is 0.0961. The van der Waals surface area contributed by atoms with Gasteiger partial charge in [0.05, 0.1) is 12.4 Å². The molecule has 3 rings (SSSR count). The maximum absolute atomic E-state index is 12.5. The van der Waals surface area contributed by atoms with E-state index in [2.05, 4.69) is 32.3 Å². The Morgan fingerprint density at radius 3 is 2.66 bits per heavy atom. The van der Waals surface area contributed by atoms with Crippen molar-refractivity contribution in [2.24, 2.45) is 0 Å².